The van der Waals surface area contributed by atoms with Crippen LogP contribution in [0.5, 0.6) is 0 Å². The molecule has 0 aliphatic rings. The summed E-state index contributed by atoms with van der Waals surface area (Å²) in [7, 11) is 0. The molecule has 0 aliphatic heterocycles. The smallest absolute Gasteiger partial charge is 0.295 e. The van der Waals surface area contributed by atoms with E-state index in [2.05, 4.69) is 28.4 Å². The minimum Gasteiger partial charge on any atom is -0.319 e. The molecule has 3 aromatic carbocycles. The molecule has 1 aromatic heterocycles. The molecule has 30 heavy (non-hydrogen) atoms. The third-order valence-electron chi connectivity index (χ3n) is 5.09. The van der Waals surface area contributed by atoms with Crippen LogP contribution in [-0.4, -0.2) is 20.7 Å². The van der Waals surface area contributed by atoms with Crippen molar-refractivity contribution >= 4 is 11.6 Å². The Morgan fingerprint density at radius 1 is 0.833 bits per heavy atom. The number of nitrogens with zero attached hydrogens (tertiary/aromatic N) is 3. The molecule has 0 fully saturated rings. The fraction of sp³-hybridized carbons (Fsp3) is 0.160. The molecule has 5 heteroatoms. The second-order valence-corrected chi connectivity index (χ2v) is 7.60. The second-order valence-electron chi connectivity index (χ2n) is 7.60. The Morgan fingerprint density at radius 2 is 1.53 bits per heavy atom. The van der Waals surface area contributed by atoms with E-state index in [1.165, 1.54) is 5.56 Å². The Bertz CT molecular complexity index is 1220. The number of anilines is 1. The quantitative estimate of drug-likeness (QED) is 0.501. The van der Waals surface area contributed by atoms with Crippen molar-refractivity contribution in [2.75, 3.05) is 5.32 Å². The molecule has 0 saturated carbocycles. The molecule has 0 atom stereocenters. The molecule has 150 valence electrons. The van der Waals surface area contributed by atoms with Gasteiger partial charge in [0.05, 0.1) is 5.69 Å². The molecule has 1 N–H and O–H groups in total. The molecule has 0 bridgehead atoms. The summed E-state index contributed by atoms with van der Waals surface area (Å²) < 4.78 is 1.76. The molecule has 1 amide bonds. The number of carbonyl (C=O) groups excluding carboxylic acids is 1. The fourth-order valence-corrected chi connectivity index (χ4v) is 3.40. The third kappa shape index (κ3) is 3.87. The van der Waals surface area contributed by atoms with Crippen molar-refractivity contribution in [2.45, 2.75) is 27.7 Å². The molecule has 0 unspecified atom stereocenters. The average Bonchev–Trinajstić information content (AvgIpc) is 3.15. The zero-order valence-corrected chi connectivity index (χ0v) is 17.6. The number of benzene rings is 3. The Labute approximate surface area is 176 Å². The predicted octanol–water partition coefficient (Wildman–Crippen LogP) is 5.42. The summed E-state index contributed by atoms with van der Waals surface area (Å²) >= 11 is 0. The molecule has 5 nitrogen and oxygen atoms in total. The SMILES string of the molecule is Cc1ccc(-c2nc(C(=O)Nc3ccccc3C)nn2-c2ccc(C)cc2C)cc1. The maximum atomic E-state index is 12.9. The Balaban J connectivity index is 1.80. The van der Waals surface area contributed by atoms with Gasteiger partial charge in [-0.15, -0.1) is 5.10 Å². The van der Waals surface area contributed by atoms with Crippen LogP contribution in [-0.2, 0) is 0 Å². The van der Waals surface area contributed by atoms with Crippen LogP contribution in [0.2, 0.25) is 0 Å². The highest BCUT2D eigenvalue weighted by molar-refractivity contribution is 6.02. The number of aryl methyl sites for hydroxylation is 4. The number of nitrogens with one attached hydrogen (secondary N) is 1. The summed E-state index contributed by atoms with van der Waals surface area (Å²) in [6, 6.07) is 21.9. The van der Waals surface area contributed by atoms with Crippen molar-refractivity contribution in [1.29, 1.82) is 0 Å². The van der Waals surface area contributed by atoms with Gasteiger partial charge in [-0.3, -0.25) is 4.79 Å². The molecule has 0 aliphatic carbocycles. The first kappa shape index (κ1) is 19.6. The number of para-hydroxylation sites is 1. The summed E-state index contributed by atoms with van der Waals surface area (Å²) in [6.45, 7) is 8.09. The second kappa shape index (κ2) is 7.95. The number of hydrogen-bond donors (Lipinski definition) is 1. The van der Waals surface area contributed by atoms with Gasteiger partial charge in [-0.25, -0.2) is 9.67 Å². The van der Waals surface area contributed by atoms with Crippen LogP contribution in [0.15, 0.2) is 66.7 Å². The number of aromatic nitrogens is 3. The van der Waals surface area contributed by atoms with Gasteiger partial charge < -0.3 is 5.32 Å². The molecule has 0 spiro atoms. The van der Waals surface area contributed by atoms with Gasteiger partial charge in [0.1, 0.15) is 0 Å². The van der Waals surface area contributed by atoms with E-state index in [0.29, 0.717) is 5.82 Å². The van der Waals surface area contributed by atoms with Crippen molar-refractivity contribution < 1.29 is 4.79 Å². The van der Waals surface area contributed by atoms with Crippen LogP contribution >= 0.6 is 0 Å². The number of hydrogen-bond acceptors (Lipinski definition) is 3. The topological polar surface area (TPSA) is 59.8 Å². The van der Waals surface area contributed by atoms with Crippen LogP contribution in [0.4, 0.5) is 5.69 Å². The Morgan fingerprint density at radius 3 is 2.23 bits per heavy atom. The van der Waals surface area contributed by atoms with Gasteiger partial charge in [0.2, 0.25) is 5.82 Å². The number of carbonyl (C=O) groups is 1. The van der Waals surface area contributed by atoms with Crippen molar-refractivity contribution in [3.8, 4) is 17.1 Å². The first-order chi connectivity index (χ1) is 14.4. The number of rotatable bonds is 4. The van der Waals surface area contributed by atoms with E-state index in [4.69, 9.17) is 0 Å². The zero-order valence-electron chi connectivity index (χ0n) is 17.6. The predicted molar refractivity (Wildman–Crippen MR) is 120 cm³/mol. The normalized spacial score (nSPS) is 10.8. The van der Waals surface area contributed by atoms with Crippen LogP contribution in [0.25, 0.3) is 17.1 Å². The van der Waals surface area contributed by atoms with Gasteiger partial charge in [-0.1, -0.05) is 65.7 Å². The maximum absolute atomic E-state index is 12.9. The molecular formula is C25H24N4O. The number of amides is 1. The van der Waals surface area contributed by atoms with Crippen molar-refractivity contribution in [3.63, 3.8) is 0 Å². The first-order valence-electron chi connectivity index (χ1n) is 9.91. The van der Waals surface area contributed by atoms with Gasteiger partial charge in [0.15, 0.2) is 5.82 Å². The fourth-order valence-electron chi connectivity index (χ4n) is 3.40. The lowest BCUT2D eigenvalue weighted by Gasteiger charge is -2.10. The molecular weight excluding hydrogens is 372 g/mol. The van der Waals surface area contributed by atoms with Crippen LogP contribution < -0.4 is 5.32 Å². The van der Waals surface area contributed by atoms with E-state index in [0.717, 1.165) is 33.6 Å². The van der Waals surface area contributed by atoms with Gasteiger partial charge >= 0.3 is 0 Å². The summed E-state index contributed by atoms with van der Waals surface area (Å²) in [5.74, 6) is 0.437. The lowest BCUT2D eigenvalue weighted by molar-refractivity contribution is 0.101. The van der Waals surface area contributed by atoms with E-state index in [1.54, 1.807) is 4.68 Å². The van der Waals surface area contributed by atoms with Gasteiger partial charge in [0, 0.05) is 11.3 Å². The zero-order chi connectivity index (χ0) is 21.3. The molecule has 0 saturated heterocycles. The van der Waals surface area contributed by atoms with Crippen molar-refractivity contribution in [1.82, 2.24) is 14.8 Å². The van der Waals surface area contributed by atoms with Crippen LogP contribution in [0, 0.1) is 27.7 Å². The Kier molecular flexibility index (Phi) is 5.19. The molecule has 4 rings (SSSR count). The highest BCUT2D eigenvalue weighted by atomic mass is 16.2. The van der Waals surface area contributed by atoms with E-state index < -0.39 is 0 Å². The molecule has 4 aromatic rings. The largest absolute Gasteiger partial charge is 0.319 e. The van der Waals surface area contributed by atoms with E-state index in [-0.39, 0.29) is 11.7 Å². The molecule has 0 radical (unpaired) electrons. The minimum absolute atomic E-state index is 0.133. The summed E-state index contributed by atoms with van der Waals surface area (Å²) in [4.78, 5) is 17.6. The lowest BCUT2D eigenvalue weighted by Crippen LogP contribution is -2.15. The van der Waals surface area contributed by atoms with E-state index in [1.807, 2.05) is 81.4 Å². The van der Waals surface area contributed by atoms with Gasteiger partial charge in [-0.05, 0) is 51.0 Å². The highest BCUT2D eigenvalue weighted by Crippen LogP contribution is 2.25. The Hall–Kier alpha value is -3.73. The standard InChI is InChI=1S/C25H24N4O/c1-16-9-12-20(13-10-16)24-27-23(25(30)26-21-8-6-5-7-18(21)3)28-29(24)22-14-11-17(2)15-19(22)4/h5-15H,1-4H3,(H,26,30). The van der Waals surface area contributed by atoms with E-state index in [9.17, 15) is 4.79 Å². The average molecular weight is 396 g/mol. The third-order valence-corrected chi connectivity index (χ3v) is 5.09. The van der Waals surface area contributed by atoms with Gasteiger partial charge in [0.25, 0.3) is 5.91 Å². The summed E-state index contributed by atoms with van der Waals surface area (Å²) in [6.07, 6.45) is 0. The maximum Gasteiger partial charge on any atom is 0.295 e. The van der Waals surface area contributed by atoms with Crippen molar-refractivity contribution in [2.24, 2.45) is 0 Å². The van der Waals surface area contributed by atoms with Crippen LogP contribution in [0.1, 0.15) is 32.9 Å². The van der Waals surface area contributed by atoms with E-state index >= 15 is 0 Å². The van der Waals surface area contributed by atoms with Crippen LogP contribution in [0.3, 0.4) is 0 Å². The lowest BCUT2D eigenvalue weighted by atomic mass is 10.1. The first-order valence-corrected chi connectivity index (χ1v) is 9.91. The van der Waals surface area contributed by atoms with Crippen molar-refractivity contribution in [3.05, 3.63) is 94.8 Å². The summed E-state index contributed by atoms with van der Waals surface area (Å²) in [5, 5.41) is 7.51. The monoisotopic (exact) mass is 396 g/mol. The summed E-state index contributed by atoms with van der Waals surface area (Å²) in [5.41, 5.74) is 6.95. The van der Waals surface area contributed by atoms with Gasteiger partial charge in [-0.2, -0.15) is 0 Å². The minimum atomic E-state index is -0.332. The highest BCUT2D eigenvalue weighted by Gasteiger charge is 2.20. The molecule has 1 heterocycles.